The zero-order chi connectivity index (χ0) is 26.2. The van der Waals surface area contributed by atoms with E-state index in [1.54, 1.807) is 83.6 Å². The summed E-state index contributed by atoms with van der Waals surface area (Å²) >= 11 is 0. The Labute approximate surface area is 211 Å². The second-order valence-electron chi connectivity index (χ2n) is 7.71. The quantitative estimate of drug-likeness (QED) is 0.147. The molecule has 1 aromatic heterocycles. The Balaban J connectivity index is 1.54. The summed E-state index contributed by atoms with van der Waals surface area (Å²) in [7, 11) is 0. The van der Waals surface area contributed by atoms with Crippen LogP contribution in [0.25, 0.3) is 11.8 Å². The minimum absolute atomic E-state index is 0.0281. The molecule has 2 amide bonds. The fraction of sp³-hybridized carbons (Fsp3) is 0. The summed E-state index contributed by atoms with van der Waals surface area (Å²) in [4.78, 5) is 36.1. The summed E-state index contributed by atoms with van der Waals surface area (Å²) in [6.45, 7) is 0. The number of nitrogens with one attached hydrogen (secondary N) is 2. The summed E-state index contributed by atoms with van der Waals surface area (Å²) in [6, 6.07) is 24.2. The Morgan fingerprint density at radius 3 is 2.32 bits per heavy atom. The SMILES string of the molecule is O=C(N/N=C/c1cccn1-c1ccc([N+](=O)[O-])cc1)/C(=C/c1ccccc1O)NC(=O)c1ccccc1. The number of nitro groups is 1. The van der Waals surface area contributed by atoms with Crippen LogP contribution < -0.4 is 10.7 Å². The van der Waals surface area contributed by atoms with Crippen LogP contribution in [0, 0.1) is 10.1 Å². The van der Waals surface area contributed by atoms with Gasteiger partial charge >= 0.3 is 0 Å². The van der Waals surface area contributed by atoms with Crippen molar-refractivity contribution in [1.82, 2.24) is 15.3 Å². The van der Waals surface area contributed by atoms with Crippen LogP contribution in [-0.4, -0.2) is 32.6 Å². The highest BCUT2D eigenvalue weighted by molar-refractivity contribution is 6.05. The highest BCUT2D eigenvalue weighted by Gasteiger charge is 2.15. The molecule has 4 rings (SSSR count). The largest absolute Gasteiger partial charge is 0.507 e. The lowest BCUT2D eigenvalue weighted by Crippen LogP contribution is -2.32. The van der Waals surface area contributed by atoms with Gasteiger partial charge in [0.15, 0.2) is 0 Å². The Morgan fingerprint density at radius 1 is 0.919 bits per heavy atom. The van der Waals surface area contributed by atoms with Crippen LogP contribution in [0.2, 0.25) is 0 Å². The Hall–Kier alpha value is -5.51. The fourth-order valence-electron chi connectivity index (χ4n) is 3.39. The first-order valence-corrected chi connectivity index (χ1v) is 11.0. The number of aromatic nitrogens is 1. The molecule has 0 fully saturated rings. The number of nitrogens with zero attached hydrogens (tertiary/aromatic N) is 3. The lowest BCUT2D eigenvalue weighted by molar-refractivity contribution is -0.384. The van der Waals surface area contributed by atoms with Crippen molar-refractivity contribution in [3.8, 4) is 11.4 Å². The fourth-order valence-corrected chi connectivity index (χ4v) is 3.39. The molecule has 0 aliphatic heterocycles. The molecule has 10 nitrogen and oxygen atoms in total. The standard InChI is InChI=1S/C27H21N5O5/c33-25-11-5-4-9-20(25)17-24(29-26(34)19-7-2-1-3-8-19)27(35)30-28-18-23-10-6-16-31(23)21-12-14-22(15-13-21)32(36)37/h1-18,33H,(H,29,34)(H,30,35)/b24-17-,28-18+. The minimum atomic E-state index is -0.711. The highest BCUT2D eigenvalue weighted by atomic mass is 16.6. The minimum Gasteiger partial charge on any atom is -0.507 e. The zero-order valence-corrected chi connectivity index (χ0v) is 19.3. The van der Waals surface area contributed by atoms with Gasteiger partial charge in [-0.3, -0.25) is 19.7 Å². The van der Waals surface area contributed by atoms with Crippen molar-refractivity contribution in [2.45, 2.75) is 0 Å². The van der Waals surface area contributed by atoms with Crippen molar-refractivity contribution in [1.29, 1.82) is 0 Å². The number of aromatic hydroxyl groups is 1. The third-order valence-corrected chi connectivity index (χ3v) is 5.25. The molecular weight excluding hydrogens is 474 g/mol. The van der Waals surface area contributed by atoms with E-state index in [0.29, 0.717) is 22.5 Å². The molecule has 4 aromatic rings. The molecule has 0 radical (unpaired) electrons. The van der Waals surface area contributed by atoms with Gasteiger partial charge in [-0.05, 0) is 48.5 Å². The van der Waals surface area contributed by atoms with Crippen molar-refractivity contribution < 1.29 is 19.6 Å². The highest BCUT2D eigenvalue weighted by Crippen LogP contribution is 2.19. The summed E-state index contributed by atoms with van der Waals surface area (Å²) in [5, 5.41) is 27.6. The molecule has 0 aliphatic carbocycles. The smallest absolute Gasteiger partial charge is 0.287 e. The van der Waals surface area contributed by atoms with E-state index in [0.717, 1.165) is 0 Å². The molecule has 3 N–H and O–H groups in total. The van der Waals surface area contributed by atoms with Crippen LogP contribution >= 0.6 is 0 Å². The second-order valence-corrected chi connectivity index (χ2v) is 7.71. The monoisotopic (exact) mass is 495 g/mol. The lowest BCUT2D eigenvalue weighted by Gasteiger charge is -2.10. The maximum absolute atomic E-state index is 13.0. The van der Waals surface area contributed by atoms with Crippen LogP contribution in [-0.2, 0) is 4.79 Å². The number of carbonyl (C=O) groups excluding carboxylic acids is 2. The topological polar surface area (TPSA) is 139 Å². The number of amides is 2. The Morgan fingerprint density at radius 2 is 1.62 bits per heavy atom. The Kier molecular flexibility index (Phi) is 7.50. The van der Waals surface area contributed by atoms with Gasteiger partial charge in [-0.2, -0.15) is 5.10 Å². The molecule has 0 bridgehead atoms. The summed E-state index contributed by atoms with van der Waals surface area (Å²) in [6.07, 6.45) is 4.49. The van der Waals surface area contributed by atoms with Gasteiger partial charge in [0.05, 0.1) is 16.8 Å². The summed E-state index contributed by atoms with van der Waals surface area (Å²) in [5.74, 6) is -1.28. The lowest BCUT2D eigenvalue weighted by atomic mass is 10.1. The number of hydrogen-bond acceptors (Lipinski definition) is 6. The number of non-ortho nitro benzene ring substituents is 1. The molecule has 37 heavy (non-hydrogen) atoms. The first-order valence-electron chi connectivity index (χ1n) is 11.0. The molecule has 10 heteroatoms. The number of hydrazone groups is 1. The number of hydrogen-bond donors (Lipinski definition) is 3. The van der Waals surface area contributed by atoms with E-state index in [1.165, 1.54) is 30.5 Å². The van der Waals surface area contributed by atoms with Gasteiger partial charge in [0.1, 0.15) is 11.4 Å². The predicted octanol–water partition coefficient (Wildman–Crippen LogP) is 4.01. The van der Waals surface area contributed by atoms with E-state index in [9.17, 15) is 24.8 Å². The van der Waals surface area contributed by atoms with E-state index in [4.69, 9.17) is 0 Å². The van der Waals surface area contributed by atoms with Gasteiger partial charge in [0, 0.05) is 35.1 Å². The Bertz CT molecular complexity index is 1490. The van der Waals surface area contributed by atoms with Gasteiger partial charge in [-0.1, -0.05) is 36.4 Å². The van der Waals surface area contributed by atoms with Crippen molar-refractivity contribution in [3.05, 3.63) is 130 Å². The number of phenolic OH excluding ortho intramolecular Hbond substituents is 1. The van der Waals surface area contributed by atoms with Gasteiger partial charge < -0.3 is 15.0 Å². The molecule has 0 saturated heterocycles. The summed E-state index contributed by atoms with van der Waals surface area (Å²) < 4.78 is 1.73. The van der Waals surface area contributed by atoms with Crippen LogP contribution in [0.3, 0.4) is 0 Å². The van der Waals surface area contributed by atoms with E-state index in [2.05, 4.69) is 15.8 Å². The van der Waals surface area contributed by atoms with Crippen LogP contribution in [0.15, 0.2) is 108 Å². The number of para-hydroxylation sites is 1. The van der Waals surface area contributed by atoms with E-state index in [-0.39, 0.29) is 17.1 Å². The van der Waals surface area contributed by atoms with Crippen LogP contribution in [0.1, 0.15) is 21.6 Å². The first-order chi connectivity index (χ1) is 17.9. The van der Waals surface area contributed by atoms with Crippen molar-refractivity contribution in [2.75, 3.05) is 0 Å². The molecular formula is C27H21N5O5. The molecule has 0 atom stereocenters. The number of rotatable bonds is 8. The van der Waals surface area contributed by atoms with E-state index < -0.39 is 16.7 Å². The molecule has 3 aromatic carbocycles. The summed E-state index contributed by atoms with van der Waals surface area (Å²) in [5.41, 5.74) is 4.17. The molecule has 0 spiro atoms. The molecule has 0 aliphatic rings. The molecule has 0 saturated carbocycles. The number of benzene rings is 3. The average molecular weight is 495 g/mol. The number of nitro benzene ring substituents is 1. The zero-order valence-electron chi connectivity index (χ0n) is 19.3. The predicted molar refractivity (Wildman–Crippen MR) is 138 cm³/mol. The van der Waals surface area contributed by atoms with Crippen LogP contribution in [0.5, 0.6) is 5.75 Å². The van der Waals surface area contributed by atoms with E-state index >= 15 is 0 Å². The maximum atomic E-state index is 13.0. The molecule has 0 unspecified atom stereocenters. The molecule has 1 heterocycles. The normalized spacial score (nSPS) is 11.3. The van der Waals surface area contributed by atoms with Crippen LogP contribution in [0.4, 0.5) is 5.69 Å². The molecule has 184 valence electrons. The van der Waals surface area contributed by atoms with Crippen molar-refractivity contribution in [3.63, 3.8) is 0 Å². The average Bonchev–Trinajstić information content (AvgIpc) is 3.38. The number of phenols is 1. The van der Waals surface area contributed by atoms with Gasteiger partial charge in [-0.15, -0.1) is 0 Å². The third kappa shape index (κ3) is 6.14. The second kappa shape index (κ2) is 11.3. The maximum Gasteiger partial charge on any atom is 0.287 e. The van der Waals surface area contributed by atoms with Gasteiger partial charge in [-0.25, -0.2) is 5.43 Å². The van der Waals surface area contributed by atoms with Gasteiger partial charge in [0.2, 0.25) is 0 Å². The number of carbonyl (C=O) groups is 2. The van der Waals surface area contributed by atoms with Crippen molar-refractivity contribution in [2.24, 2.45) is 5.10 Å². The van der Waals surface area contributed by atoms with Crippen molar-refractivity contribution >= 4 is 29.8 Å². The van der Waals surface area contributed by atoms with Gasteiger partial charge in [0.25, 0.3) is 17.5 Å². The third-order valence-electron chi connectivity index (χ3n) is 5.25. The first kappa shape index (κ1) is 24.6. The van der Waals surface area contributed by atoms with E-state index in [1.807, 2.05) is 0 Å².